The topological polar surface area (TPSA) is 191 Å². The number of fused-ring (bicyclic) bond motifs is 3. The van der Waals surface area contributed by atoms with E-state index >= 15 is 0 Å². The maximum atomic E-state index is 13.6. The van der Waals surface area contributed by atoms with Crippen LogP contribution in [0, 0.1) is 11.8 Å². The number of carbonyl (C=O) groups is 3. The lowest BCUT2D eigenvalue weighted by molar-refractivity contribution is -0.148. The number of hydrogen-bond acceptors (Lipinski definition) is 10. The van der Waals surface area contributed by atoms with Crippen LogP contribution in [-0.2, 0) is 16.0 Å². The first-order valence-electron chi connectivity index (χ1n) is 10.7. The molecule has 8 N–H and O–H groups in total. The number of hydrogen-bond donors (Lipinski definition) is 6. The number of amides is 1. The Hall–Kier alpha value is -3.57. The van der Waals surface area contributed by atoms with Crippen molar-refractivity contribution in [3.63, 3.8) is 0 Å². The molecule has 182 valence electrons. The van der Waals surface area contributed by atoms with E-state index in [0.717, 1.165) is 0 Å². The van der Waals surface area contributed by atoms with E-state index in [1.807, 2.05) is 0 Å². The van der Waals surface area contributed by atoms with Gasteiger partial charge in [-0.1, -0.05) is 0 Å². The number of carbonyl (C=O) groups excluding carboxylic acids is 3. The average Bonchev–Trinajstić information content (AvgIpc) is 2.72. The van der Waals surface area contributed by atoms with Crippen molar-refractivity contribution in [2.75, 3.05) is 38.8 Å². The van der Waals surface area contributed by atoms with Crippen LogP contribution in [0.1, 0.15) is 22.3 Å². The average molecular weight is 472 g/mol. The molecule has 0 saturated heterocycles. The molecule has 0 radical (unpaired) electrons. The zero-order valence-corrected chi connectivity index (χ0v) is 19.3. The summed E-state index contributed by atoms with van der Waals surface area (Å²) < 4.78 is 0. The van der Waals surface area contributed by atoms with Crippen LogP contribution in [-0.4, -0.2) is 82.6 Å². The zero-order valence-electron chi connectivity index (χ0n) is 19.3. The van der Waals surface area contributed by atoms with Crippen LogP contribution in [0.4, 0.5) is 11.4 Å². The second-order valence-electron chi connectivity index (χ2n) is 9.54. The van der Waals surface area contributed by atoms with Crippen LogP contribution in [0.5, 0.6) is 5.75 Å². The molecule has 3 aliphatic rings. The van der Waals surface area contributed by atoms with E-state index in [4.69, 9.17) is 11.5 Å². The maximum Gasteiger partial charge on any atom is 0.255 e. The van der Waals surface area contributed by atoms with Crippen molar-refractivity contribution in [3.05, 3.63) is 39.9 Å². The van der Waals surface area contributed by atoms with Crippen LogP contribution in [0.2, 0.25) is 0 Å². The van der Waals surface area contributed by atoms with Crippen molar-refractivity contribution >= 4 is 28.8 Å². The molecule has 3 aliphatic carbocycles. The highest BCUT2D eigenvalue weighted by Crippen LogP contribution is 2.53. The molecule has 11 heteroatoms. The number of benzene rings is 1. The minimum atomic E-state index is -2.66. The molecular formula is C23H28N4O7. The van der Waals surface area contributed by atoms with E-state index in [2.05, 4.69) is 0 Å². The summed E-state index contributed by atoms with van der Waals surface area (Å²) in [7, 11) is 6.68. The van der Waals surface area contributed by atoms with Crippen molar-refractivity contribution < 1.29 is 34.8 Å². The number of phenols is 1. The van der Waals surface area contributed by atoms with Crippen LogP contribution < -0.4 is 16.4 Å². The van der Waals surface area contributed by atoms with Gasteiger partial charge < -0.3 is 36.8 Å². The Morgan fingerprint density at radius 3 is 2.29 bits per heavy atom. The van der Waals surface area contributed by atoms with Crippen molar-refractivity contribution in [1.82, 2.24) is 4.90 Å². The summed E-state index contributed by atoms with van der Waals surface area (Å²) in [6, 6.07) is 0.522. The monoisotopic (exact) mass is 472 g/mol. The highest BCUT2D eigenvalue weighted by Gasteiger charge is 2.63. The molecule has 34 heavy (non-hydrogen) atoms. The highest BCUT2D eigenvalue weighted by atomic mass is 16.3. The maximum absolute atomic E-state index is 13.6. The predicted molar refractivity (Wildman–Crippen MR) is 122 cm³/mol. The predicted octanol–water partition coefficient (Wildman–Crippen LogP) is -0.231. The van der Waals surface area contributed by atoms with Gasteiger partial charge in [0, 0.05) is 31.3 Å². The number of likely N-dealkylation sites (N-methyl/N-ethyl adjacent to an activating group) is 1. The molecule has 0 aromatic heterocycles. The van der Waals surface area contributed by atoms with Gasteiger partial charge in [-0.2, -0.15) is 0 Å². The molecule has 1 aromatic rings. The fourth-order valence-corrected chi connectivity index (χ4v) is 5.72. The van der Waals surface area contributed by atoms with E-state index < -0.39 is 63.8 Å². The minimum Gasteiger partial charge on any atom is -0.510 e. The van der Waals surface area contributed by atoms with Crippen LogP contribution >= 0.6 is 0 Å². The summed E-state index contributed by atoms with van der Waals surface area (Å²) in [5.74, 6) is -6.95. The molecule has 1 aromatic carbocycles. The van der Waals surface area contributed by atoms with Crippen molar-refractivity contribution in [1.29, 1.82) is 0 Å². The molecule has 1 amide bonds. The summed E-state index contributed by atoms with van der Waals surface area (Å²) in [6.45, 7) is 0. The highest BCUT2D eigenvalue weighted by molar-refractivity contribution is 6.25. The molecule has 4 atom stereocenters. The second-order valence-corrected chi connectivity index (χ2v) is 9.54. The fourth-order valence-electron chi connectivity index (χ4n) is 5.72. The van der Waals surface area contributed by atoms with Gasteiger partial charge >= 0.3 is 0 Å². The van der Waals surface area contributed by atoms with Crippen molar-refractivity contribution in [3.8, 4) is 5.75 Å². The molecule has 0 saturated carbocycles. The number of nitrogens with two attached hydrogens (primary N) is 2. The Morgan fingerprint density at radius 2 is 1.76 bits per heavy atom. The molecule has 4 rings (SSSR count). The number of ketones is 2. The van der Waals surface area contributed by atoms with Gasteiger partial charge in [-0.3, -0.25) is 19.3 Å². The number of anilines is 2. The minimum absolute atomic E-state index is 0.0315. The van der Waals surface area contributed by atoms with Crippen LogP contribution in [0.25, 0.3) is 0 Å². The Balaban J connectivity index is 2.00. The molecule has 0 fully saturated rings. The van der Waals surface area contributed by atoms with Crippen LogP contribution in [0.3, 0.4) is 0 Å². The Bertz CT molecular complexity index is 1220. The fraction of sp³-hybridized carbons (Fsp3) is 0.435. The van der Waals surface area contributed by atoms with Gasteiger partial charge in [0.05, 0.1) is 17.3 Å². The third kappa shape index (κ3) is 2.86. The van der Waals surface area contributed by atoms with Gasteiger partial charge in [-0.05, 0) is 44.5 Å². The lowest BCUT2D eigenvalue weighted by Gasteiger charge is -2.50. The first-order chi connectivity index (χ1) is 15.7. The van der Waals surface area contributed by atoms with Gasteiger partial charge in [0.25, 0.3) is 5.91 Å². The molecule has 0 aliphatic heterocycles. The number of primary amides is 1. The largest absolute Gasteiger partial charge is 0.510 e. The van der Waals surface area contributed by atoms with E-state index in [1.165, 1.54) is 4.90 Å². The number of phenolic OH excluding ortho intramolecular Hbond substituents is 1. The molecule has 0 heterocycles. The summed E-state index contributed by atoms with van der Waals surface area (Å²) in [4.78, 5) is 42.1. The smallest absolute Gasteiger partial charge is 0.255 e. The number of aromatic hydroxyl groups is 1. The van der Waals surface area contributed by atoms with E-state index in [0.29, 0.717) is 11.3 Å². The number of nitrogens with zero attached hydrogens (tertiary/aromatic N) is 2. The number of rotatable bonds is 3. The SMILES string of the molecule is CN(C)c1cc(N)c(O)c2c1CC1C[C@H]3C(N(C)C)C(O)=C(C(N)=O)C(=O)[C@@]3(O)C(O)=C1C2=O. The normalized spacial score (nSPS) is 28.6. The Labute approximate surface area is 195 Å². The van der Waals surface area contributed by atoms with E-state index in [1.54, 1.807) is 39.2 Å². The van der Waals surface area contributed by atoms with Gasteiger partial charge in [0.15, 0.2) is 11.4 Å². The number of allylic oxidation sites excluding steroid dienone is 1. The van der Waals surface area contributed by atoms with E-state index in [9.17, 15) is 34.8 Å². The first-order valence-corrected chi connectivity index (χ1v) is 10.7. The molecule has 11 nitrogen and oxygen atoms in total. The van der Waals surface area contributed by atoms with Gasteiger partial charge in [0.1, 0.15) is 22.8 Å². The molecule has 0 spiro atoms. The zero-order chi connectivity index (χ0) is 25.4. The Morgan fingerprint density at radius 1 is 1.15 bits per heavy atom. The lowest BCUT2D eigenvalue weighted by atomic mass is 9.58. The van der Waals surface area contributed by atoms with Crippen molar-refractivity contribution in [2.45, 2.75) is 24.5 Å². The van der Waals surface area contributed by atoms with Gasteiger partial charge in [-0.25, -0.2) is 0 Å². The molecule has 2 unspecified atom stereocenters. The number of Topliss-reactive ketones (excluding diaryl/α,β-unsaturated/α-hetero) is 2. The third-order valence-corrected chi connectivity index (χ3v) is 7.21. The summed E-state index contributed by atoms with van der Waals surface area (Å²) in [5, 5.41) is 44.2. The van der Waals surface area contributed by atoms with Gasteiger partial charge in [0.2, 0.25) is 5.78 Å². The second kappa shape index (κ2) is 7.47. The number of aliphatic hydroxyl groups excluding tert-OH is 2. The summed E-state index contributed by atoms with van der Waals surface area (Å²) >= 11 is 0. The first kappa shape index (κ1) is 23.6. The number of aliphatic hydroxyl groups is 3. The summed E-state index contributed by atoms with van der Waals surface area (Å²) in [5.41, 5.74) is 8.51. The quantitative estimate of drug-likeness (QED) is 0.195. The van der Waals surface area contributed by atoms with Gasteiger partial charge in [-0.15, -0.1) is 0 Å². The standard InChI is InChI=1S/C23H28N4O7/c1-26(2)12-7-11(24)17(28)14-9(12)5-8-6-10-16(27(3)4)19(30)15(22(25)33)21(32)23(10,34)20(31)13(8)18(14)29/h7-8,10,16,28,30-31,34H,5-6,24H2,1-4H3,(H2,25,33)/t8?,10-,16?,23-/m0/s1. The van der Waals surface area contributed by atoms with E-state index in [-0.39, 0.29) is 29.7 Å². The molecular weight excluding hydrogens is 444 g/mol. The third-order valence-electron chi connectivity index (χ3n) is 7.21. The van der Waals surface area contributed by atoms with Crippen molar-refractivity contribution in [2.24, 2.45) is 17.6 Å². The molecule has 0 bridgehead atoms. The lowest BCUT2D eigenvalue weighted by Crippen LogP contribution is -2.63. The van der Waals surface area contributed by atoms with Crippen LogP contribution in [0.15, 0.2) is 28.7 Å². The Kier molecular flexibility index (Phi) is 5.18. The number of nitrogen functional groups attached to an aromatic ring is 1. The summed E-state index contributed by atoms with van der Waals surface area (Å²) in [6.07, 6.45) is 0.236.